The molecule has 0 atom stereocenters. The molecule has 0 saturated heterocycles. The molecule has 6 nitrogen and oxygen atoms in total. The van der Waals surface area contributed by atoms with E-state index >= 15 is 0 Å². The van der Waals surface area contributed by atoms with Crippen molar-refractivity contribution in [3.05, 3.63) is 65.9 Å². The number of amides is 1. The molecule has 3 aromatic rings. The van der Waals surface area contributed by atoms with Gasteiger partial charge in [0.15, 0.2) is 12.1 Å². The highest BCUT2D eigenvalue weighted by Crippen LogP contribution is 2.09. The van der Waals surface area contributed by atoms with Crippen LogP contribution in [-0.2, 0) is 6.54 Å². The van der Waals surface area contributed by atoms with Crippen molar-refractivity contribution in [3.8, 4) is 5.69 Å². The van der Waals surface area contributed by atoms with Crippen LogP contribution in [0.1, 0.15) is 21.9 Å². The summed E-state index contributed by atoms with van der Waals surface area (Å²) >= 11 is 0. The Labute approximate surface area is 125 Å². The lowest BCUT2D eigenvalue weighted by molar-refractivity contribution is 0.0944. The van der Waals surface area contributed by atoms with Gasteiger partial charge in [-0.2, -0.15) is 5.10 Å². The van der Waals surface area contributed by atoms with Gasteiger partial charge >= 0.3 is 0 Å². The minimum Gasteiger partial charge on any atom is -0.448 e. The smallest absolute Gasteiger partial charge is 0.273 e. The van der Waals surface area contributed by atoms with Gasteiger partial charge in [-0.25, -0.2) is 14.1 Å². The lowest BCUT2D eigenvalue weighted by Gasteiger charge is -2.02. The number of hydrogen-bond acceptors (Lipinski definition) is 4. The van der Waals surface area contributed by atoms with Gasteiger partial charge in [0.05, 0.1) is 17.9 Å². The van der Waals surface area contributed by atoms with Crippen LogP contribution in [0.15, 0.2) is 47.3 Å². The quantitative estimate of drug-likeness (QED) is 0.802. The summed E-state index contributed by atoms with van der Waals surface area (Å²) in [5.41, 5.74) is 1.68. The largest absolute Gasteiger partial charge is 0.448 e. The van der Waals surface area contributed by atoms with E-state index in [-0.39, 0.29) is 24.0 Å². The molecule has 1 N–H and O–H groups in total. The average molecular weight is 300 g/mol. The second-order valence-electron chi connectivity index (χ2n) is 4.67. The minimum atomic E-state index is -0.317. The summed E-state index contributed by atoms with van der Waals surface area (Å²) in [6.07, 6.45) is 2.98. The SMILES string of the molecule is Cc1ocnc1C(=O)NCc1ccn(-c2ccc(F)cc2)n1. The van der Waals surface area contributed by atoms with Crippen LogP contribution in [0.4, 0.5) is 4.39 Å². The number of aromatic nitrogens is 3. The van der Waals surface area contributed by atoms with Crippen LogP contribution in [0.2, 0.25) is 0 Å². The zero-order chi connectivity index (χ0) is 15.5. The molecule has 3 rings (SSSR count). The molecule has 1 aromatic carbocycles. The first-order valence-corrected chi connectivity index (χ1v) is 6.62. The second-order valence-corrected chi connectivity index (χ2v) is 4.67. The molecule has 0 aliphatic carbocycles. The Bertz CT molecular complexity index is 792. The Morgan fingerprint density at radius 1 is 1.32 bits per heavy atom. The van der Waals surface area contributed by atoms with Gasteiger partial charge in [0.2, 0.25) is 0 Å². The summed E-state index contributed by atoms with van der Waals surface area (Å²) in [6.45, 7) is 1.94. The minimum absolute atomic E-state index is 0.262. The third-order valence-corrected chi connectivity index (χ3v) is 3.13. The molecule has 0 aliphatic rings. The van der Waals surface area contributed by atoms with Crippen molar-refractivity contribution in [1.82, 2.24) is 20.1 Å². The van der Waals surface area contributed by atoms with Crippen molar-refractivity contribution in [1.29, 1.82) is 0 Å². The highest BCUT2D eigenvalue weighted by Gasteiger charge is 2.13. The van der Waals surface area contributed by atoms with Crippen molar-refractivity contribution in [2.24, 2.45) is 0 Å². The number of nitrogens with zero attached hydrogens (tertiary/aromatic N) is 3. The summed E-state index contributed by atoms with van der Waals surface area (Å²) in [5, 5.41) is 7.04. The fourth-order valence-electron chi connectivity index (χ4n) is 1.97. The standard InChI is InChI=1S/C15H13FN4O2/c1-10-14(18-9-22-10)15(21)17-8-12-6-7-20(19-12)13-4-2-11(16)3-5-13/h2-7,9H,8H2,1H3,(H,17,21). The molecular formula is C15H13FN4O2. The summed E-state index contributed by atoms with van der Waals surface area (Å²) in [5.74, 6) is -0.150. The first-order valence-electron chi connectivity index (χ1n) is 6.62. The van der Waals surface area contributed by atoms with E-state index in [0.717, 1.165) is 5.69 Å². The number of hydrogen-bond donors (Lipinski definition) is 1. The first kappa shape index (κ1) is 14.0. The number of carbonyl (C=O) groups excluding carboxylic acids is 1. The zero-order valence-electron chi connectivity index (χ0n) is 11.8. The Morgan fingerprint density at radius 3 is 2.77 bits per heavy atom. The van der Waals surface area contributed by atoms with E-state index in [1.165, 1.54) is 18.5 Å². The molecular weight excluding hydrogens is 287 g/mol. The molecule has 0 aliphatic heterocycles. The van der Waals surface area contributed by atoms with E-state index in [4.69, 9.17) is 4.42 Å². The molecule has 22 heavy (non-hydrogen) atoms. The Hall–Kier alpha value is -2.96. The third kappa shape index (κ3) is 2.88. The highest BCUT2D eigenvalue weighted by molar-refractivity contribution is 5.92. The van der Waals surface area contributed by atoms with Gasteiger partial charge < -0.3 is 9.73 Å². The van der Waals surface area contributed by atoms with Crippen molar-refractivity contribution < 1.29 is 13.6 Å². The average Bonchev–Trinajstić information content (AvgIpc) is 3.14. The van der Waals surface area contributed by atoms with Crippen molar-refractivity contribution in [3.63, 3.8) is 0 Å². The highest BCUT2D eigenvalue weighted by atomic mass is 19.1. The summed E-state index contributed by atoms with van der Waals surface area (Å²) in [4.78, 5) is 15.8. The monoisotopic (exact) mass is 300 g/mol. The maximum Gasteiger partial charge on any atom is 0.273 e. The van der Waals surface area contributed by atoms with E-state index in [9.17, 15) is 9.18 Å². The molecule has 0 saturated carbocycles. The van der Waals surface area contributed by atoms with Crippen LogP contribution in [0, 0.1) is 12.7 Å². The zero-order valence-corrected chi connectivity index (χ0v) is 11.8. The van der Waals surface area contributed by atoms with E-state index in [0.29, 0.717) is 11.5 Å². The first-order chi connectivity index (χ1) is 10.6. The van der Waals surface area contributed by atoms with Crippen molar-refractivity contribution >= 4 is 5.91 Å². The van der Waals surface area contributed by atoms with Crippen LogP contribution in [0.3, 0.4) is 0 Å². The number of oxazole rings is 1. The molecule has 7 heteroatoms. The number of aryl methyl sites for hydroxylation is 1. The van der Waals surface area contributed by atoms with Crippen LogP contribution in [0.25, 0.3) is 5.69 Å². The molecule has 2 aromatic heterocycles. The number of halogens is 1. The number of rotatable bonds is 4. The molecule has 0 unspecified atom stereocenters. The van der Waals surface area contributed by atoms with E-state index in [1.54, 1.807) is 36.0 Å². The van der Waals surface area contributed by atoms with Crippen LogP contribution < -0.4 is 5.32 Å². The lowest BCUT2D eigenvalue weighted by Crippen LogP contribution is -2.24. The van der Waals surface area contributed by atoms with Crippen molar-refractivity contribution in [2.75, 3.05) is 0 Å². The van der Waals surface area contributed by atoms with Gasteiger partial charge in [0, 0.05) is 6.20 Å². The molecule has 0 radical (unpaired) electrons. The Morgan fingerprint density at radius 2 is 2.09 bits per heavy atom. The van der Waals surface area contributed by atoms with Gasteiger partial charge in [-0.3, -0.25) is 4.79 Å². The fraction of sp³-hybridized carbons (Fsp3) is 0.133. The Balaban J connectivity index is 1.66. The van der Waals surface area contributed by atoms with Gasteiger partial charge in [-0.1, -0.05) is 0 Å². The lowest BCUT2D eigenvalue weighted by atomic mass is 10.3. The van der Waals surface area contributed by atoms with Crippen molar-refractivity contribution in [2.45, 2.75) is 13.5 Å². The fourth-order valence-corrected chi connectivity index (χ4v) is 1.97. The Kier molecular flexibility index (Phi) is 3.69. The molecule has 112 valence electrons. The van der Waals surface area contributed by atoms with E-state index in [2.05, 4.69) is 15.4 Å². The van der Waals surface area contributed by atoms with Crippen LogP contribution >= 0.6 is 0 Å². The normalized spacial score (nSPS) is 10.6. The predicted octanol–water partition coefficient (Wildman–Crippen LogP) is 2.24. The van der Waals surface area contributed by atoms with E-state index < -0.39 is 0 Å². The van der Waals surface area contributed by atoms with Gasteiger partial charge in [0.25, 0.3) is 5.91 Å². The summed E-state index contributed by atoms with van der Waals surface area (Å²) in [7, 11) is 0. The predicted molar refractivity (Wildman–Crippen MR) is 75.9 cm³/mol. The van der Waals surface area contributed by atoms with Crippen LogP contribution in [-0.4, -0.2) is 20.7 Å². The molecule has 0 fully saturated rings. The van der Waals surface area contributed by atoms with Gasteiger partial charge in [0.1, 0.15) is 11.6 Å². The van der Waals surface area contributed by atoms with E-state index in [1.807, 2.05) is 0 Å². The molecule has 1 amide bonds. The van der Waals surface area contributed by atoms with Gasteiger partial charge in [-0.15, -0.1) is 0 Å². The maximum absolute atomic E-state index is 12.9. The molecule has 0 spiro atoms. The molecule has 0 bridgehead atoms. The third-order valence-electron chi connectivity index (χ3n) is 3.13. The number of benzene rings is 1. The molecule has 2 heterocycles. The van der Waals surface area contributed by atoms with Gasteiger partial charge in [-0.05, 0) is 37.3 Å². The summed E-state index contributed by atoms with van der Waals surface area (Å²) < 4.78 is 19.5. The number of nitrogens with one attached hydrogen (secondary N) is 1. The second kappa shape index (κ2) is 5.80. The number of carbonyl (C=O) groups is 1. The topological polar surface area (TPSA) is 73.0 Å². The van der Waals surface area contributed by atoms with Crippen LogP contribution in [0.5, 0.6) is 0 Å². The maximum atomic E-state index is 12.9. The summed E-state index contributed by atoms with van der Waals surface area (Å²) in [6, 6.07) is 7.77.